The normalized spacial score (nSPS) is 14.7. The molecule has 3 aromatic rings. The molecule has 0 saturated carbocycles. The van der Waals surface area contributed by atoms with Crippen molar-refractivity contribution in [2.24, 2.45) is 0 Å². The Morgan fingerprint density at radius 2 is 1.76 bits per heavy atom. The Morgan fingerprint density at radius 1 is 1.00 bits per heavy atom. The lowest BCUT2D eigenvalue weighted by Crippen LogP contribution is -2.49. The molecular weight excluding hydrogens is 494 g/mol. The number of carbonyl (C=O) groups excluding carboxylic acids is 2. The molecule has 1 fully saturated rings. The van der Waals surface area contributed by atoms with Crippen molar-refractivity contribution in [3.8, 4) is 5.75 Å². The Labute approximate surface area is 221 Å². The molecule has 0 radical (unpaired) electrons. The molecule has 2 aromatic carbocycles. The zero-order valence-electron chi connectivity index (χ0n) is 20.9. The molecule has 9 heteroatoms. The van der Waals surface area contributed by atoms with Crippen LogP contribution in [-0.4, -0.2) is 73.6 Å². The van der Waals surface area contributed by atoms with Crippen LogP contribution in [-0.2, 0) is 16.1 Å². The van der Waals surface area contributed by atoms with E-state index in [1.807, 2.05) is 41.3 Å². The fraction of sp³-hybridized carbons (Fsp3) is 0.321. The Bertz CT molecular complexity index is 1210. The SMILES string of the molecule is COC(=O)c1ccc(COC(CN2CCN(C(=O)c3cccnc3Cl)CC2)c2cccc(OC)c2)cc1. The molecule has 0 N–H and O–H groups in total. The van der Waals surface area contributed by atoms with Crippen molar-refractivity contribution in [2.45, 2.75) is 12.7 Å². The molecule has 1 saturated heterocycles. The van der Waals surface area contributed by atoms with Gasteiger partial charge in [-0.25, -0.2) is 9.78 Å². The van der Waals surface area contributed by atoms with E-state index in [1.54, 1.807) is 37.6 Å². The van der Waals surface area contributed by atoms with Gasteiger partial charge in [-0.05, 0) is 47.5 Å². The Balaban J connectivity index is 1.41. The van der Waals surface area contributed by atoms with E-state index in [2.05, 4.69) is 9.88 Å². The lowest BCUT2D eigenvalue weighted by atomic mass is 10.1. The van der Waals surface area contributed by atoms with Crippen LogP contribution in [0.1, 0.15) is 37.9 Å². The fourth-order valence-corrected chi connectivity index (χ4v) is 4.43. The molecule has 0 spiro atoms. The number of pyridine rings is 1. The predicted octanol–water partition coefficient (Wildman–Crippen LogP) is 4.25. The van der Waals surface area contributed by atoms with Crippen LogP contribution in [0.3, 0.4) is 0 Å². The first-order chi connectivity index (χ1) is 18.0. The first-order valence-corrected chi connectivity index (χ1v) is 12.4. The molecule has 0 bridgehead atoms. The minimum atomic E-state index is -0.370. The van der Waals surface area contributed by atoms with Crippen LogP contribution in [0.25, 0.3) is 0 Å². The average Bonchev–Trinajstić information content (AvgIpc) is 2.95. The van der Waals surface area contributed by atoms with Crippen molar-refractivity contribution < 1.29 is 23.8 Å². The molecule has 1 atom stereocenters. The summed E-state index contributed by atoms with van der Waals surface area (Å²) in [6.07, 6.45) is 1.36. The van der Waals surface area contributed by atoms with Crippen LogP contribution >= 0.6 is 11.6 Å². The number of hydrogen-bond donors (Lipinski definition) is 0. The monoisotopic (exact) mass is 523 g/mol. The second kappa shape index (κ2) is 12.7. The van der Waals surface area contributed by atoms with E-state index < -0.39 is 0 Å². The first-order valence-electron chi connectivity index (χ1n) is 12.0. The number of methoxy groups -OCH3 is 2. The molecule has 2 heterocycles. The molecule has 4 rings (SSSR count). The van der Waals surface area contributed by atoms with Crippen LogP contribution in [0.15, 0.2) is 66.9 Å². The average molecular weight is 524 g/mol. The second-order valence-corrected chi connectivity index (χ2v) is 9.06. The summed E-state index contributed by atoms with van der Waals surface area (Å²) in [5.74, 6) is 0.288. The third-order valence-electron chi connectivity index (χ3n) is 6.36. The van der Waals surface area contributed by atoms with Gasteiger partial charge in [0.1, 0.15) is 10.9 Å². The zero-order chi connectivity index (χ0) is 26.2. The molecule has 0 aliphatic carbocycles. The summed E-state index contributed by atoms with van der Waals surface area (Å²) < 4.78 is 16.6. The topological polar surface area (TPSA) is 81.2 Å². The minimum Gasteiger partial charge on any atom is -0.497 e. The van der Waals surface area contributed by atoms with Gasteiger partial charge in [0, 0.05) is 38.9 Å². The first kappa shape index (κ1) is 26.6. The quantitative estimate of drug-likeness (QED) is 0.306. The highest BCUT2D eigenvalue weighted by Gasteiger charge is 2.26. The second-order valence-electron chi connectivity index (χ2n) is 8.70. The molecule has 1 aromatic heterocycles. The van der Waals surface area contributed by atoms with E-state index in [1.165, 1.54) is 7.11 Å². The van der Waals surface area contributed by atoms with Crippen LogP contribution in [0.5, 0.6) is 5.75 Å². The third-order valence-corrected chi connectivity index (χ3v) is 6.67. The number of benzene rings is 2. The third kappa shape index (κ3) is 6.85. The largest absolute Gasteiger partial charge is 0.497 e. The number of carbonyl (C=O) groups is 2. The molecule has 1 unspecified atom stereocenters. The Morgan fingerprint density at radius 3 is 2.43 bits per heavy atom. The van der Waals surface area contributed by atoms with Crippen molar-refractivity contribution in [1.29, 1.82) is 0 Å². The number of amides is 1. The van der Waals surface area contributed by atoms with Gasteiger partial charge < -0.3 is 19.1 Å². The maximum Gasteiger partial charge on any atom is 0.337 e. The van der Waals surface area contributed by atoms with Gasteiger partial charge in [0.25, 0.3) is 5.91 Å². The van der Waals surface area contributed by atoms with Gasteiger partial charge in [-0.15, -0.1) is 0 Å². The lowest BCUT2D eigenvalue weighted by Gasteiger charge is -2.36. The van der Waals surface area contributed by atoms with Gasteiger partial charge >= 0.3 is 5.97 Å². The highest BCUT2D eigenvalue weighted by atomic mass is 35.5. The van der Waals surface area contributed by atoms with E-state index in [0.29, 0.717) is 50.5 Å². The number of halogens is 1. The van der Waals surface area contributed by atoms with Crippen LogP contribution in [0.2, 0.25) is 5.15 Å². The number of aromatic nitrogens is 1. The smallest absolute Gasteiger partial charge is 0.337 e. The van der Waals surface area contributed by atoms with Gasteiger partial charge in [-0.2, -0.15) is 0 Å². The van der Waals surface area contributed by atoms with E-state index in [9.17, 15) is 9.59 Å². The van der Waals surface area contributed by atoms with Crippen molar-refractivity contribution >= 4 is 23.5 Å². The van der Waals surface area contributed by atoms with Crippen molar-refractivity contribution in [1.82, 2.24) is 14.8 Å². The summed E-state index contributed by atoms with van der Waals surface area (Å²) in [5.41, 5.74) is 2.87. The molecule has 8 nitrogen and oxygen atoms in total. The maximum absolute atomic E-state index is 12.9. The summed E-state index contributed by atoms with van der Waals surface area (Å²) in [7, 11) is 3.00. The van der Waals surface area contributed by atoms with Crippen molar-refractivity contribution in [2.75, 3.05) is 46.9 Å². The van der Waals surface area contributed by atoms with Crippen LogP contribution in [0.4, 0.5) is 0 Å². The number of nitrogens with zero attached hydrogens (tertiary/aromatic N) is 3. The minimum absolute atomic E-state index is 0.103. The summed E-state index contributed by atoms with van der Waals surface area (Å²) >= 11 is 6.13. The van der Waals surface area contributed by atoms with E-state index in [4.69, 9.17) is 25.8 Å². The Kier molecular flexibility index (Phi) is 9.11. The number of esters is 1. The standard InChI is InChI=1S/C28H30ClN3O5/c1-35-23-6-3-5-22(17-23)25(37-19-20-8-10-21(11-9-20)28(34)36-2)18-31-13-15-32(16-14-31)27(33)24-7-4-12-30-26(24)29/h3-12,17,25H,13-16,18-19H2,1-2H3. The van der Waals surface area contributed by atoms with Gasteiger partial charge in [-0.1, -0.05) is 35.9 Å². The number of hydrogen-bond acceptors (Lipinski definition) is 7. The maximum atomic E-state index is 12.9. The Hall–Kier alpha value is -3.46. The highest BCUT2D eigenvalue weighted by Crippen LogP contribution is 2.25. The molecule has 194 valence electrons. The van der Waals surface area contributed by atoms with Crippen molar-refractivity contribution in [3.05, 3.63) is 94.3 Å². The summed E-state index contributed by atoms with van der Waals surface area (Å²) in [6.45, 7) is 3.63. The van der Waals surface area contributed by atoms with Gasteiger partial charge in [0.05, 0.1) is 38.1 Å². The number of rotatable bonds is 9. The highest BCUT2D eigenvalue weighted by molar-refractivity contribution is 6.32. The zero-order valence-corrected chi connectivity index (χ0v) is 21.7. The molecular formula is C28H30ClN3O5. The van der Waals surface area contributed by atoms with Crippen LogP contribution in [0, 0.1) is 0 Å². The molecule has 1 aliphatic rings. The summed E-state index contributed by atoms with van der Waals surface area (Å²) in [5, 5.41) is 0.223. The van der Waals surface area contributed by atoms with Gasteiger partial charge in [-0.3, -0.25) is 9.69 Å². The number of ether oxygens (including phenoxy) is 3. The summed E-state index contributed by atoms with van der Waals surface area (Å²) in [4.78, 5) is 32.7. The van der Waals surface area contributed by atoms with Gasteiger partial charge in [0.15, 0.2) is 0 Å². The molecule has 37 heavy (non-hydrogen) atoms. The van der Waals surface area contributed by atoms with E-state index in [0.717, 1.165) is 16.9 Å². The van der Waals surface area contributed by atoms with E-state index in [-0.39, 0.29) is 23.1 Å². The van der Waals surface area contributed by atoms with Crippen LogP contribution < -0.4 is 4.74 Å². The summed E-state index contributed by atoms with van der Waals surface area (Å²) in [6, 6.07) is 18.5. The van der Waals surface area contributed by atoms with Crippen molar-refractivity contribution in [3.63, 3.8) is 0 Å². The number of piperazine rings is 1. The molecule has 1 amide bonds. The predicted molar refractivity (Wildman–Crippen MR) is 140 cm³/mol. The fourth-order valence-electron chi connectivity index (χ4n) is 4.23. The van der Waals surface area contributed by atoms with Gasteiger partial charge in [0.2, 0.25) is 0 Å². The molecule has 1 aliphatic heterocycles. The van der Waals surface area contributed by atoms with E-state index >= 15 is 0 Å². The lowest BCUT2D eigenvalue weighted by molar-refractivity contribution is 0.00331.